The summed E-state index contributed by atoms with van der Waals surface area (Å²) >= 11 is 0. The number of ether oxygens (including phenoxy) is 1. The van der Waals surface area contributed by atoms with Crippen LogP contribution in [0.2, 0.25) is 0 Å². The molecular formula is C15H20N4O4S. The highest BCUT2D eigenvalue weighted by molar-refractivity contribution is 7.92. The first kappa shape index (κ1) is 18.0. The second-order valence-corrected chi connectivity index (χ2v) is 7.29. The van der Waals surface area contributed by atoms with Crippen molar-refractivity contribution in [3.8, 4) is 0 Å². The number of hydrogen-bond donors (Lipinski definition) is 2. The van der Waals surface area contributed by atoms with Crippen molar-refractivity contribution in [3.05, 3.63) is 47.3 Å². The van der Waals surface area contributed by atoms with E-state index in [1.54, 1.807) is 31.4 Å². The molecule has 2 rings (SSSR count). The first-order chi connectivity index (χ1) is 11.3. The van der Waals surface area contributed by atoms with Crippen molar-refractivity contribution in [1.29, 1.82) is 0 Å². The predicted molar refractivity (Wildman–Crippen MR) is 90.2 cm³/mol. The third-order valence-electron chi connectivity index (χ3n) is 3.41. The predicted octanol–water partition coefficient (Wildman–Crippen LogP) is 0.882. The van der Waals surface area contributed by atoms with Crippen LogP contribution in [-0.4, -0.2) is 44.9 Å². The topological polar surface area (TPSA) is 104 Å². The second kappa shape index (κ2) is 7.45. The summed E-state index contributed by atoms with van der Waals surface area (Å²) < 4.78 is 29.1. The molecule has 0 aliphatic carbocycles. The molecule has 1 aromatic carbocycles. The van der Waals surface area contributed by atoms with Crippen LogP contribution in [0.15, 0.2) is 30.3 Å². The maximum absolute atomic E-state index is 12.1. The molecule has 0 saturated heterocycles. The molecule has 2 aromatic rings. The van der Waals surface area contributed by atoms with Crippen LogP contribution in [0.5, 0.6) is 0 Å². The fraction of sp³-hybridized carbons (Fsp3) is 0.333. The van der Waals surface area contributed by atoms with Crippen LogP contribution in [0.25, 0.3) is 0 Å². The number of hydrogen-bond acceptors (Lipinski definition) is 5. The summed E-state index contributed by atoms with van der Waals surface area (Å²) in [4.78, 5) is 12.1. The number of aromatic amines is 1. The average molecular weight is 352 g/mol. The largest absolute Gasteiger partial charge is 0.378 e. The van der Waals surface area contributed by atoms with E-state index in [2.05, 4.69) is 15.5 Å². The fourth-order valence-corrected chi connectivity index (χ4v) is 2.52. The van der Waals surface area contributed by atoms with E-state index in [9.17, 15) is 13.2 Å². The number of carbonyl (C=O) groups is 1. The minimum absolute atomic E-state index is 0.258. The standard InChI is InChI=1S/C15H20N4O4S/c1-19(24(3,21)22)14-6-4-11(5-7-14)15(20)16-9-12-8-13(10-23-2)18-17-12/h4-8H,9-10H2,1-3H3,(H,16,20)(H,17,18). The summed E-state index contributed by atoms with van der Waals surface area (Å²) in [5.41, 5.74) is 2.46. The molecule has 9 heteroatoms. The normalized spacial score (nSPS) is 11.3. The Bertz CT molecular complexity index is 799. The summed E-state index contributed by atoms with van der Waals surface area (Å²) in [6.07, 6.45) is 1.12. The molecule has 1 aromatic heterocycles. The Balaban J connectivity index is 1.97. The molecule has 24 heavy (non-hydrogen) atoms. The number of methoxy groups -OCH3 is 1. The summed E-state index contributed by atoms with van der Waals surface area (Å²) in [6.45, 7) is 0.709. The Hall–Kier alpha value is -2.39. The van der Waals surface area contributed by atoms with Gasteiger partial charge in [0.15, 0.2) is 0 Å². The Kier molecular flexibility index (Phi) is 5.58. The molecule has 0 radical (unpaired) electrons. The molecule has 8 nitrogen and oxygen atoms in total. The fourth-order valence-electron chi connectivity index (χ4n) is 2.01. The smallest absolute Gasteiger partial charge is 0.251 e. The molecule has 1 heterocycles. The van der Waals surface area contributed by atoms with Crippen molar-refractivity contribution in [3.63, 3.8) is 0 Å². The van der Waals surface area contributed by atoms with E-state index < -0.39 is 10.0 Å². The number of anilines is 1. The highest BCUT2D eigenvalue weighted by Crippen LogP contribution is 2.16. The van der Waals surface area contributed by atoms with Crippen LogP contribution in [0, 0.1) is 0 Å². The van der Waals surface area contributed by atoms with Gasteiger partial charge in [0.05, 0.1) is 36.5 Å². The van der Waals surface area contributed by atoms with E-state index in [0.717, 1.165) is 21.9 Å². The zero-order chi connectivity index (χ0) is 17.7. The van der Waals surface area contributed by atoms with Gasteiger partial charge in [0, 0.05) is 19.7 Å². The molecule has 0 aliphatic rings. The van der Waals surface area contributed by atoms with E-state index in [0.29, 0.717) is 24.4 Å². The first-order valence-electron chi connectivity index (χ1n) is 7.15. The van der Waals surface area contributed by atoms with Crippen LogP contribution in [0.3, 0.4) is 0 Å². The SMILES string of the molecule is COCc1cc(CNC(=O)c2ccc(N(C)S(C)(=O)=O)cc2)[nH]n1. The third kappa shape index (κ3) is 4.56. The minimum atomic E-state index is -3.33. The number of rotatable bonds is 7. The van der Waals surface area contributed by atoms with Gasteiger partial charge in [-0.1, -0.05) is 0 Å². The maximum Gasteiger partial charge on any atom is 0.251 e. The number of aromatic nitrogens is 2. The van der Waals surface area contributed by atoms with Crippen molar-refractivity contribution in [2.45, 2.75) is 13.2 Å². The zero-order valence-corrected chi connectivity index (χ0v) is 14.6. The van der Waals surface area contributed by atoms with Gasteiger partial charge in [0.1, 0.15) is 0 Å². The van der Waals surface area contributed by atoms with Crippen LogP contribution >= 0.6 is 0 Å². The molecule has 130 valence electrons. The van der Waals surface area contributed by atoms with Gasteiger partial charge in [0.2, 0.25) is 10.0 Å². The van der Waals surface area contributed by atoms with Crippen molar-refractivity contribution in [2.24, 2.45) is 0 Å². The number of sulfonamides is 1. The second-order valence-electron chi connectivity index (χ2n) is 5.28. The monoisotopic (exact) mass is 352 g/mol. The molecule has 2 N–H and O–H groups in total. The molecule has 0 bridgehead atoms. The van der Waals surface area contributed by atoms with Gasteiger partial charge in [-0.05, 0) is 30.3 Å². The number of nitrogens with zero attached hydrogens (tertiary/aromatic N) is 2. The highest BCUT2D eigenvalue weighted by Gasteiger charge is 2.13. The van der Waals surface area contributed by atoms with E-state index in [1.165, 1.54) is 7.05 Å². The lowest BCUT2D eigenvalue weighted by molar-refractivity contribution is 0.0950. The van der Waals surface area contributed by atoms with Gasteiger partial charge in [0.25, 0.3) is 5.91 Å². The van der Waals surface area contributed by atoms with Gasteiger partial charge in [-0.15, -0.1) is 0 Å². The maximum atomic E-state index is 12.1. The Morgan fingerprint density at radius 3 is 2.58 bits per heavy atom. The first-order valence-corrected chi connectivity index (χ1v) is 9.00. The Morgan fingerprint density at radius 1 is 1.33 bits per heavy atom. The van der Waals surface area contributed by atoms with E-state index >= 15 is 0 Å². The Morgan fingerprint density at radius 2 is 2.00 bits per heavy atom. The van der Waals surface area contributed by atoms with E-state index in [-0.39, 0.29) is 5.91 Å². The lowest BCUT2D eigenvalue weighted by atomic mass is 10.2. The van der Waals surface area contributed by atoms with Crippen molar-refractivity contribution < 1.29 is 17.9 Å². The summed E-state index contributed by atoms with van der Waals surface area (Å²) in [7, 11) is -0.283. The van der Waals surface area contributed by atoms with Crippen molar-refractivity contribution in [2.75, 3.05) is 24.7 Å². The van der Waals surface area contributed by atoms with Gasteiger partial charge >= 0.3 is 0 Å². The van der Waals surface area contributed by atoms with Crippen molar-refractivity contribution >= 4 is 21.6 Å². The molecular weight excluding hydrogens is 332 g/mol. The van der Waals surface area contributed by atoms with Crippen LogP contribution < -0.4 is 9.62 Å². The lowest BCUT2D eigenvalue weighted by Gasteiger charge is -2.16. The highest BCUT2D eigenvalue weighted by atomic mass is 32.2. The molecule has 0 unspecified atom stereocenters. The quantitative estimate of drug-likeness (QED) is 0.770. The summed E-state index contributed by atoms with van der Waals surface area (Å²) in [5.74, 6) is -0.258. The van der Waals surface area contributed by atoms with Gasteiger partial charge < -0.3 is 10.1 Å². The third-order valence-corrected chi connectivity index (χ3v) is 4.61. The van der Waals surface area contributed by atoms with Gasteiger partial charge in [-0.25, -0.2) is 8.42 Å². The Labute approximate surface area is 140 Å². The number of amides is 1. The van der Waals surface area contributed by atoms with Gasteiger partial charge in [-0.2, -0.15) is 5.10 Å². The molecule has 0 saturated carbocycles. The van der Waals surface area contributed by atoms with Crippen LogP contribution in [-0.2, 0) is 27.9 Å². The number of benzene rings is 1. The average Bonchev–Trinajstić information content (AvgIpc) is 2.99. The van der Waals surface area contributed by atoms with Crippen LogP contribution in [0.4, 0.5) is 5.69 Å². The van der Waals surface area contributed by atoms with Crippen LogP contribution in [0.1, 0.15) is 21.7 Å². The molecule has 0 aliphatic heterocycles. The summed E-state index contributed by atoms with van der Waals surface area (Å²) in [6, 6.07) is 8.14. The lowest BCUT2D eigenvalue weighted by Crippen LogP contribution is -2.25. The minimum Gasteiger partial charge on any atom is -0.378 e. The number of carbonyl (C=O) groups excluding carboxylic acids is 1. The van der Waals surface area contributed by atoms with E-state index in [4.69, 9.17) is 4.74 Å². The summed E-state index contributed by atoms with van der Waals surface area (Å²) in [5, 5.41) is 9.63. The molecule has 0 spiro atoms. The van der Waals surface area contributed by atoms with E-state index in [1.807, 2.05) is 6.07 Å². The molecule has 0 fully saturated rings. The van der Waals surface area contributed by atoms with Crippen molar-refractivity contribution in [1.82, 2.24) is 15.5 Å². The number of H-pyrrole nitrogens is 1. The van der Waals surface area contributed by atoms with Gasteiger partial charge in [-0.3, -0.25) is 14.2 Å². The number of nitrogens with one attached hydrogen (secondary N) is 2. The zero-order valence-electron chi connectivity index (χ0n) is 13.7. The molecule has 0 atom stereocenters. The molecule has 1 amide bonds.